The van der Waals surface area contributed by atoms with Crippen molar-refractivity contribution in [3.05, 3.63) is 102 Å². The molecule has 4 aromatic rings. The van der Waals surface area contributed by atoms with Gasteiger partial charge in [-0.15, -0.1) is 0 Å². The van der Waals surface area contributed by atoms with Crippen LogP contribution in [0.4, 0.5) is 0 Å². The molecule has 1 fully saturated rings. The van der Waals surface area contributed by atoms with Gasteiger partial charge in [-0.1, -0.05) is 73.9 Å². The van der Waals surface area contributed by atoms with E-state index in [1.54, 1.807) is 0 Å². The summed E-state index contributed by atoms with van der Waals surface area (Å²) in [6.07, 6.45) is 10.2. The minimum absolute atomic E-state index is 0.0154. The Labute approximate surface area is 220 Å². The van der Waals surface area contributed by atoms with Crippen LogP contribution in [-0.4, -0.2) is 28.0 Å². The Morgan fingerprint density at radius 2 is 1.73 bits per heavy atom. The minimum Gasteiger partial charge on any atom is -0.361 e. The number of hydrogen-bond donors (Lipinski definition) is 3. The summed E-state index contributed by atoms with van der Waals surface area (Å²) < 4.78 is 0. The van der Waals surface area contributed by atoms with Crippen molar-refractivity contribution in [2.75, 3.05) is 6.54 Å². The van der Waals surface area contributed by atoms with Gasteiger partial charge in [0.15, 0.2) is 0 Å². The molecule has 1 aliphatic carbocycles. The summed E-state index contributed by atoms with van der Waals surface area (Å²) in [6.45, 7) is 4.78. The summed E-state index contributed by atoms with van der Waals surface area (Å²) in [7, 11) is 0. The number of amides is 1. The molecule has 1 unspecified atom stereocenters. The Morgan fingerprint density at radius 3 is 2.49 bits per heavy atom. The van der Waals surface area contributed by atoms with Gasteiger partial charge >= 0.3 is 0 Å². The largest absolute Gasteiger partial charge is 0.361 e. The second-order valence-electron chi connectivity index (χ2n) is 10.9. The van der Waals surface area contributed by atoms with Crippen LogP contribution in [0.15, 0.2) is 85.2 Å². The van der Waals surface area contributed by atoms with Crippen molar-refractivity contribution in [3.63, 3.8) is 0 Å². The predicted octanol–water partition coefficient (Wildman–Crippen LogP) is 6.23. The highest BCUT2D eigenvalue weighted by molar-refractivity contribution is 5.89. The molecule has 2 aromatic heterocycles. The van der Waals surface area contributed by atoms with E-state index in [0.29, 0.717) is 13.0 Å². The summed E-state index contributed by atoms with van der Waals surface area (Å²) >= 11 is 0. The summed E-state index contributed by atoms with van der Waals surface area (Å²) in [6, 6.07) is 24.8. The molecule has 3 N–H and O–H groups in total. The van der Waals surface area contributed by atoms with Crippen LogP contribution in [0.25, 0.3) is 10.9 Å². The second kappa shape index (κ2) is 10.9. The zero-order valence-corrected chi connectivity index (χ0v) is 22.0. The molecule has 1 amide bonds. The molecule has 0 bridgehead atoms. The van der Waals surface area contributed by atoms with Gasteiger partial charge in [0, 0.05) is 53.4 Å². The first-order chi connectivity index (χ1) is 18.0. The second-order valence-corrected chi connectivity index (χ2v) is 10.9. The lowest BCUT2D eigenvalue weighted by molar-refractivity contribution is -0.127. The first-order valence-electron chi connectivity index (χ1n) is 13.6. The molecule has 5 heteroatoms. The van der Waals surface area contributed by atoms with Crippen LogP contribution >= 0.6 is 0 Å². The normalized spacial score (nSPS) is 17.7. The smallest absolute Gasteiger partial charge is 0.240 e. The number of pyridine rings is 1. The Bertz CT molecular complexity index is 1310. The van der Waals surface area contributed by atoms with Gasteiger partial charge in [0.2, 0.25) is 5.91 Å². The standard InChI is InChI=1S/C32H38N4O/c1-24(25-13-5-3-6-14-25)36-31(2,21-26-22-34-28-16-8-7-15-27(26)28)30(37)35-23-32(18-10-4-11-19-32)29-17-9-12-20-33-29/h3,5-9,12-17,20,22,24,34,36H,4,10-11,18-19,21,23H2,1-2H3,(H,35,37)/t24?,31-/m0/s1. The average Bonchev–Trinajstić information content (AvgIpc) is 3.35. The number of benzene rings is 2. The fourth-order valence-corrected chi connectivity index (χ4v) is 6.03. The van der Waals surface area contributed by atoms with Gasteiger partial charge in [0.1, 0.15) is 0 Å². The molecule has 5 rings (SSSR count). The lowest BCUT2D eigenvalue weighted by atomic mass is 9.71. The van der Waals surface area contributed by atoms with Gasteiger partial charge in [0.05, 0.1) is 5.54 Å². The Balaban J connectivity index is 1.42. The lowest BCUT2D eigenvalue weighted by Crippen LogP contribution is -2.58. The maximum Gasteiger partial charge on any atom is 0.240 e. The fraction of sp³-hybridized carbons (Fsp3) is 0.375. The van der Waals surface area contributed by atoms with E-state index < -0.39 is 5.54 Å². The monoisotopic (exact) mass is 494 g/mol. The van der Waals surface area contributed by atoms with Gasteiger partial charge in [-0.2, -0.15) is 0 Å². The molecular formula is C32H38N4O. The van der Waals surface area contributed by atoms with Gasteiger partial charge < -0.3 is 10.3 Å². The lowest BCUT2D eigenvalue weighted by Gasteiger charge is -2.39. The number of aromatic amines is 1. The Kier molecular flexibility index (Phi) is 7.43. The van der Waals surface area contributed by atoms with Crippen LogP contribution in [0.3, 0.4) is 0 Å². The molecule has 192 valence electrons. The van der Waals surface area contributed by atoms with E-state index in [2.05, 4.69) is 65.0 Å². The Hall–Kier alpha value is -3.44. The third-order valence-electron chi connectivity index (χ3n) is 8.16. The molecule has 0 radical (unpaired) electrons. The molecule has 0 aliphatic heterocycles. The van der Waals surface area contributed by atoms with Gasteiger partial charge in [-0.05, 0) is 56.0 Å². The average molecular weight is 495 g/mol. The van der Waals surface area contributed by atoms with Crippen molar-refractivity contribution >= 4 is 16.8 Å². The van der Waals surface area contributed by atoms with E-state index in [-0.39, 0.29) is 17.4 Å². The number of carbonyl (C=O) groups excluding carboxylic acids is 1. The van der Waals surface area contributed by atoms with Gasteiger partial charge in [-0.25, -0.2) is 0 Å². The van der Waals surface area contributed by atoms with E-state index >= 15 is 0 Å². The van der Waals surface area contributed by atoms with E-state index in [1.165, 1.54) is 19.3 Å². The minimum atomic E-state index is -0.805. The number of aromatic nitrogens is 2. The molecule has 1 aliphatic rings. The van der Waals surface area contributed by atoms with Crippen LogP contribution < -0.4 is 10.6 Å². The number of H-pyrrole nitrogens is 1. The first kappa shape index (κ1) is 25.2. The molecule has 2 heterocycles. The number of nitrogens with one attached hydrogen (secondary N) is 3. The van der Waals surface area contributed by atoms with E-state index in [1.807, 2.05) is 49.6 Å². The summed E-state index contributed by atoms with van der Waals surface area (Å²) in [5, 5.41) is 8.27. The van der Waals surface area contributed by atoms with Crippen molar-refractivity contribution in [2.24, 2.45) is 0 Å². The Morgan fingerprint density at radius 1 is 1.00 bits per heavy atom. The number of hydrogen-bond acceptors (Lipinski definition) is 3. The van der Waals surface area contributed by atoms with Gasteiger partial charge in [0.25, 0.3) is 0 Å². The first-order valence-corrected chi connectivity index (χ1v) is 13.6. The maximum atomic E-state index is 14.1. The highest BCUT2D eigenvalue weighted by Gasteiger charge is 2.39. The van der Waals surface area contributed by atoms with E-state index in [4.69, 9.17) is 4.98 Å². The van der Waals surface area contributed by atoms with Crippen molar-refractivity contribution in [1.82, 2.24) is 20.6 Å². The fourth-order valence-electron chi connectivity index (χ4n) is 6.03. The molecular weight excluding hydrogens is 456 g/mol. The van der Waals surface area contributed by atoms with Crippen molar-refractivity contribution in [2.45, 2.75) is 69.4 Å². The highest BCUT2D eigenvalue weighted by Crippen LogP contribution is 2.38. The zero-order valence-electron chi connectivity index (χ0n) is 22.0. The molecule has 37 heavy (non-hydrogen) atoms. The molecule has 0 saturated heterocycles. The summed E-state index contributed by atoms with van der Waals surface area (Å²) in [5.41, 5.74) is 3.57. The van der Waals surface area contributed by atoms with Crippen LogP contribution in [-0.2, 0) is 16.6 Å². The SMILES string of the molecule is CC(N[C@@](C)(Cc1c[nH]c2ccccc12)C(=O)NCC1(c2ccccn2)CCCCC1)c1ccccc1. The molecule has 2 atom stereocenters. The zero-order chi connectivity index (χ0) is 25.7. The highest BCUT2D eigenvalue weighted by atomic mass is 16.2. The van der Waals surface area contributed by atoms with Crippen molar-refractivity contribution in [1.29, 1.82) is 0 Å². The molecule has 0 spiro atoms. The number of rotatable bonds is 9. The van der Waals surface area contributed by atoms with Crippen LogP contribution in [0, 0.1) is 0 Å². The van der Waals surface area contributed by atoms with Crippen LogP contribution in [0.1, 0.15) is 68.8 Å². The van der Waals surface area contributed by atoms with Crippen LogP contribution in [0.5, 0.6) is 0 Å². The van der Waals surface area contributed by atoms with Gasteiger partial charge in [-0.3, -0.25) is 15.1 Å². The topological polar surface area (TPSA) is 69.8 Å². The number of nitrogens with zero attached hydrogens (tertiary/aromatic N) is 1. The van der Waals surface area contributed by atoms with Crippen molar-refractivity contribution < 1.29 is 4.79 Å². The maximum absolute atomic E-state index is 14.1. The van der Waals surface area contributed by atoms with E-state index in [0.717, 1.165) is 40.6 Å². The van der Waals surface area contributed by atoms with Crippen molar-refractivity contribution in [3.8, 4) is 0 Å². The summed E-state index contributed by atoms with van der Waals surface area (Å²) in [4.78, 5) is 22.2. The number of para-hydroxylation sites is 1. The number of carbonyl (C=O) groups is 1. The summed E-state index contributed by atoms with van der Waals surface area (Å²) in [5.74, 6) is 0.0291. The van der Waals surface area contributed by atoms with Crippen LogP contribution in [0.2, 0.25) is 0 Å². The quantitative estimate of drug-likeness (QED) is 0.258. The molecule has 1 saturated carbocycles. The molecule has 2 aromatic carbocycles. The molecule has 5 nitrogen and oxygen atoms in total. The predicted molar refractivity (Wildman–Crippen MR) is 150 cm³/mol. The third-order valence-corrected chi connectivity index (χ3v) is 8.16. The number of fused-ring (bicyclic) bond motifs is 1. The third kappa shape index (κ3) is 5.47. The van der Waals surface area contributed by atoms with E-state index in [9.17, 15) is 4.79 Å².